The highest BCUT2D eigenvalue weighted by Crippen LogP contribution is 2.49. The second-order valence-corrected chi connectivity index (χ2v) is 10.1. The SMILES string of the molecule is CC(C)(C)C(C)(C)C(=O)OC(c1ccccc1)(c1ccccc1)C1CCCCC1. The van der Waals surface area contributed by atoms with Gasteiger partial charge in [0, 0.05) is 17.0 Å². The zero-order chi connectivity index (χ0) is 21.1. The van der Waals surface area contributed by atoms with E-state index in [-0.39, 0.29) is 17.3 Å². The van der Waals surface area contributed by atoms with Crippen LogP contribution >= 0.6 is 0 Å². The van der Waals surface area contributed by atoms with Crippen LogP contribution in [0.2, 0.25) is 0 Å². The fraction of sp³-hybridized carbons (Fsp3) is 0.519. The molecule has 0 aromatic heterocycles. The van der Waals surface area contributed by atoms with Crippen LogP contribution < -0.4 is 0 Å². The summed E-state index contributed by atoms with van der Waals surface area (Å²) in [6.07, 6.45) is 5.79. The van der Waals surface area contributed by atoms with Gasteiger partial charge in [0.15, 0.2) is 5.60 Å². The number of rotatable bonds is 5. The Morgan fingerprint density at radius 2 is 1.21 bits per heavy atom. The molecule has 0 heterocycles. The van der Waals surface area contributed by atoms with Gasteiger partial charge in [-0.15, -0.1) is 0 Å². The van der Waals surface area contributed by atoms with E-state index in [1.54, 1.807) is 0 Å². The van der Waals surface area contributed by atoms with E-state index in [9.17, 15) is 4.79 Å². The van der Waals surface area contributed by atoms with Crippen molar-refractivity contribution in [2.24, 2.45) is 16.7 Å². The lowest BCUT2D eigenvalue weighted by Gasteiger charge is -2.46. The Morgan fingerprint density at radius 3 is 1.62 bits per heavy atom. The van der Waals surface area contributed by atoms with Crippen molar-refractivity contribution < 1.29 is 9.53 Å². The van der Waals surface area contributed by atoms with Gasteiger partial charge in [-0.25, -0.2) is 0 Å². The summed E-state index contributed by atoms with van der Waals surface area (Å²) in [4.78, 5) is 13.7. The minimum absolute atomic E-state index is 0.122. The number of esters is 1. The Labute approximate surface area is 176 Å². The van der Waals surface area contributed by atoms with Crippen LogP contribution in [0.25, 0.3) is 0 Å². The van der Waals surface area contributed by atoms with Crippen molar-refractivity contribution in [1.82, 2.24) is 0 Å². The number of ether oxygens (including phenoxy) is 1. The third-order valence-corrected chi connectivity index (χ3v) is 7.22. The standard InChI is InChI=1S/C27H36O2/c1-25(2,3)26(4,5)24(28)29-27(21-15-9-6-10-16-21,22-17-11-7-12-18-22)23-19-13-8-14-20-23/h6-7,9-12,15-18,23H,8,13-14,19-20H2,1-5H3. The van der Waals surface area contributed by atoms with Crippen molar-refractivity contribution in [3.05, 3.63) is 71.8 Å². The zero-order valence-corrected chi connectivity index (χ0v) is 18.7. The van der Waals surface area contributed by atoms with Crippen molar-refractivity contribution in [3.8, 4) is 0 Å². The highest BCUT2D eigenvalue weighted by molar-refractivity contribution is 5.78. The molecule has 2 heteroatoms. The molecule has 2 aromatic carbocycles. The monoisotopic (exact) mass is 392 g/mol. The minimum Gasteiger partial charge on any atom is -0.448 e. The molecule has 156 valence electrons. The zero-order valence-electron chi connectivity index (χ0n) is 18.7. The van der Waals surface area contributed by atoms with Crippen LogP contribution in [0.3, 0.4) is 0 Å². The van der Waals surface area contributed by atoms with Crippen LogP contribution in [0, 0.1) is 16.7 Å². The largest absolute Gasteiger partial charge is 0.448 e. The lowest BCUT2D eigenvalue weighted by Crippen LogP contribution is -2.48. The molecule has 0 bridgehead atoms. The average Bonchev–Trinajstić information content (AvgIpc) is 2.73. The van der Waals surface area contributed by atoms with Crippen LogP contribution in [0.4, 0.5) is 0 Å². The van der Waals surface area contributed by atoms with Crippen LogP contribution in [0.1, 0.15) is 77.8 Å². The molecule has 29 heavy (non-hydrogen) atoms. The van der Waals surface area contributed by atoms with E-state index in [0.717, 1.165) is 24.0 Å². The van der Waals surface area contributed by atoms with Gasteiger partial charge in [0.05, 0.1) is 5.41 Å². The first kappa shape index (κ1) is 21.6. The molecule has 0 amide bonds. The first-order valence-corrected chi connectivity index (χ1v) is 11.0. The number of hydrogen-bond donors (Lipinski definition) is 0. The summed E-state index contributed by atoms with van der Waals surface area (Å²) in [7, 11) is 0. The van der Waals surface area contributed by atoms with Crippen molar-refractivity contribution in [1.29, 1.82) is 0 Å². The smallest absolute Gasteiger partial charge is 0.313 e. The van der Waals surface area contributed by atoms with E-state index >= 15 is 0 Å². The molecule has 1 saturated carbocycles. The number of hydrogen-bond acceptors (Lipinski definition) is 2. The molecule has 1 aliphatic carbocycles. The van der Waals surface area contributed by atoms with Crippen molar-refractivity contribution >= 4 is 5.97 Å². The van der Waals surface area contributed by atoms with Crippen LogP contribution in [0.5, 0.6) is 0 Å². The van der Waals surface area contributed by atoms with E-state index in [0.29, 0.717) is 0 Å². The van der Waals surface area contributed by atoms with Gasteiger partial charge in [-0.1, -0.05) is 101 Å². The van der Waals surface area contributed by atoms with Crippen molar-refractivity contribution in [2.45, 2.75) is 72.3 Å². The van der Waals surface area contributed by atoms with Gasteiger partial charge >= 0.3 is 5.97 Å². The van der Waals surface area contributed by atoms with E-state index in [2.05, 4.69) is 69.3 Å². The fourth-order valence-electron chi connectivity index (χ4n) is 4.30. The van der Waals surface area contributed by atoms with E-state index in [4.69, 9.17) is 4.74 Å². The normalized spacial score (nSPS) is 16.4. The molecule has 1 aliphatic rings. The number of carbonyl (C=O) groups excluding carboxylic acids is 1. The summed E-state index contributed by atoms with van der Waals surface area (Å²) in [6.45, 7) is 10.4. The van der Waals surface area contributed by atoms with E-state index < -0.39 is 11.0 Å². The molecule has 0 atom stereocenters. The molecule has 2 nitrogen and oxygen atoms in total. The summed E-state index contributed by atoms with van der Waals surface area (Å²) >= 11 is 0. The first-order valence-electron chi connectivity index (χ1n) is 11.0. The Hall–Kier alpha value is -2.09. The van der Waals surface area contributed by atoms with Gasteiger partial charge in [0.2, 0.25) is 0 Å². The van der Waals surface area contributed by atoms with E-state index in [1.165, 1.54) is 19.3 Å². The highest BCUT2D eigenvalue weighted by Gasteiger charge is 2.50. The van der Waals surface area contributed by atoms with Crippen molar-refractivity contribution in [2.75, 3.05) is 0 Å². The van der Waals surface area contributed by atoms with Crippen LogP contribution in [-0.2, 0) is 15.1 Å². The minimum atomic E-state index is -0.747. The third-order valence-electron chi connectivity index (χ3n) is 7.22. The van der Waals surface area contributed by atoms with Gasteiger partial charge in [-0.3, -0.25) is 4.79 Å². The molecule has 0 spiro atoms. The molecular formula is C27H36O2. The second-order valence-electron chi connectivity index (χ2n) is 10.1. The maximum atomic E-state index is 13.7. The van der Waals surface area contributed by atoms with E-state index in [1.807, 2.05) is 26.0 Å². The molecule has 2 aromatic rings. The fourth-order valence-corrected chi connectivity index (χ4v) is 4.30. The Balaban J connectivity index is 2.18. The molecular weight excluding hydrogens is 356 g/mol. The number of benzene rings is 2. The third kappa shape index (κ3) is 4.13. The van der Waals surface area contributed by atoms with Gasteiger partial charge < -0.3 is 4.74 Å². The molecule has 1 fully saturated rings. The summed E-state index contributed by atoms with van der Waals surface area (Å²) < 4.78 is 6.70. The molecule has 0 saturated heterocycles. The Morgan fingerprint density at radius 1 is 0.759 bits per heavy atom. The van der Waals surface area contributed by atoms with Gasteiger partial charge in [0.25, 0.3) is 0 Å². The summed E-state index contributed by atoms with van der Waals surface area (Å²) in [5.74, 6) is 0.157. The molecule has 0 N–H and O–H groups in total. The second kappa shape index (κ2) is 8.34. The van der Waals surface area contributed by atoms with Crippen LogP contribution in [-0.4, -0.2) is 5.97 Å². The van der Waals surface area contributed by atoms with Gasteiger partial charge in [-0.2, -0.15) is 0 Å². The maximum absolute atomic E-state index is 13.7. The topological polar surface area (TPSA) is 26.3 Å². The lowest BCUT2D eigenvalue weighted by molar-refractivity contribution is -0.181. The number of carbonyl (C=O) groups is 1. The Kier molecular flexibility index (Phi) is 6.22. The summed E-state index contributed by atoms with van der Waals surface area (Å²) in [6, 6.07) is 20.8. The van der Waals surface area contributed by atoms with Crippen LogP contribution in [0.15, 0.2) is 60.7 Å². The van der Waals surface area contributed by atoms with Crippen molar-refractivity contribution in [3.63, 3.8) is 0 Å². The predicted octanol–water partition coefficient (Wildman–Crippen LogP) is 7.13. The summed E-state index contributed by atoms with van der Waals surface area (Å²) in [5, 5.41) is 0. The maximum Gasteiger partial charge on any atom is 0.313 e. The van der Waals surface area contributed by atoms with Gasteiger partial charge in [0.1, 0.15) is 0 Å². The molecule has 0 aliphatic heterocycles. The summed E-state index contributed by atoms with van der Waals surface area (Å²) in [5.41, 5.74) is 0.613. The lowest BCUT2D eigenvalue weighted by atomic mass is 9.67. The quantitative estimate of drug-likeness (QED) is 0.506. The first-order chi connectivity index (χ1) is 13.7. The molecule has 3 rings (SSSR count). The highest BCUT2D eigenvalue weighted by atomic mass is 16.6. The molecule has 0 unspecified atom stereocenters. The average molecular weight is 393 g/mol. The Bertz CT molecular complexity index is 754. The molecule has 0 radical (unpaired) electrons. The van der Waals surface area contributed by atoms with Gasteiger partial charge in [-0.05, 0) is 32.1 Å². The predicted molar refractivity (Wildman–Crippen MR) is 120 cm³/mol.